The maximum atomic E-state index is 13.7. The van der Waals surface area contributed by atoms with Crippen molar-refractivity contribution in [2.24, 2.45) is 5.41 Å². The Hall–Kier alpha value is -3.41. The van der Waals surface area contributed by atoms with Crippen molar-refractivity contribution in [3.8, 4) is 22.6 Å². The molecule has 1 aliphatic heterocycles. The number of nitrogens with zero attached hydrogens (tertiary/aromatic N) is 3. The SMILES string of the molecule is COCCNc1nccc(-c2[nH]c(C3OCC(C)(C(=O)NC4CCCCC4)CO3)nc2-c2ccc(F)cc2)n1. The molecule has 208 valence electrons. The van der Waals surface area contributed by atoms with E-state index in [2.05, 4.69) is 25.6 Å². The van der Waals surface area contributed by atoms with Gasteiger partial charge in [0.05, 0.1) is 42.3 Å². The summed E-state index contributed by atoms with van der Waals surface area (Å²) in [6.45, 7) is 3.31. The predicted octanol–water partition coefficient (Wildman–Crippen LogP) is 4.23. The first-order chi connectivity index (χ1) is 18.9. The number of amides is 1. The molecule has 10 nitrogen and oxygen atoms in total. The molecule has 1 saturated heterocycles. The van der Waals surface area contributed by atoms with Crippen LogP contribution in [0.5, 0.6) is 0 Å². The summed E-state index contributed by atoms with van der Waals surface area (Å²) in [5.74, 6) is 0.490. The van der Waals surface area contributed by atoms with Gasteiger partial charge in [-0.2, -0.15) is 0 Å². The van der Waals surface area contributed by atoms with Gasteiger partial charge in [0.1, 0.15) is 5.82 Å². The molecule has 0 bridgehead atoms. The number of H-pyrrole nitrogens is 1. The minimum atomic E-state index is -0.797. The van der Waals surface area contributed by atoms with Gasteiger partial charge in [-0.15, -0.1) is 0 Å². The number of hydrogen-bond acceptors (Lipinski definition) is 8. The first-order valence-corrected chi connectivity index (χ1v) is 13.4. The number of rotatable bonds is 9. The number of anilines is 1. The van der Waals surface area contributed by atoms with E-state index in [4.69, 9.17) is 19.2 Å². The van der Waals surface area contributed by atoms with Crippen LogP contribution in [0.1, 0.15) is 51.1 Å². The maximum Gasteiger partial charge on any atom is 0.230 e. The maximum absolute atomic E-state index is 13.7. The molecular weight excluding hydrogens is 503 g/mol. The molecule has 2 aromatic heterocycles. The van der Waals surface area contributed by atoms with Crippen molar-refractivity contribution in [2.45, 2.75) is 51.4 Å². The van der Waals surface area contributed by atoms with E-state index in [1.165, 1.54) is 18.6 Å². The highest BCUT2D eigenvalue weighted by atomic mass is 19.1. The minimum absolute atomic E-state index is 0.0468. The number of aromatic amines is 1. The van der Waals surface area contributed by atoms with E-state index in [1.54, 1.807) is 31.5 Å². The van der Waals surface area contributed by atoms with E-state index in [9.17, 15) is 9.18 Å². The Morgan fingerprint density at radius 2 is 1.87 bits per heavy atom. The normalized spacial score (nSPS) is 22.0. The minimum Gasteiger partial charge on any atom is -0.383 e. The van der Waals surface area contributed by atoms with Gasteiger partial charge < -0.3 is 29.8 Å². The molecule has 5 rings (SSSR count). The van der Waals surface area contributed by atoms with Gasteiger partial charge in [-0.05, 0) is 50.1 Å². The second-order valence-corrected chi connectivity index (χ2v) is 10.4. The second-order valence-electron chi connectivity index (χ2n) is 10.4. The topological polar surface area (TPSA) is 123 Å². The van der Waals surface area contributed by atoms with Crippen LogP contribution in [0.3, 0.4) is 0 Å². The van der Waals surface area contributed by atoms with Gasteiger partial charge in [-0.3, -0.25) is 4.79 Å². The predicted molar refractivity (Wildman–Crippen MR) is 143 cm³/mol. The number of benzene rings is 1. The molecule has 0 radical (unpaired) electrons. The van der Waals surface area contributed by atoms with Crippen molar-refractivity contribution in [3.63, 3.8) is 0 Å². The zero-order valence-corrected chi connectivity index (χ0v) is 22.3. The lowest BCUT2D eigenvalue weighted by molar-refractivity contribution is -0.231. The van der Waals surface area contributed by atoms with E-state index in [0.29, 0.717) is 47.6 Å². The number of aromatic nitrogens is 4. The van der Waals surface area contributed by atoms with E-state index in [1.807, 2.05) is 6.92 Å². The summed E-state index contributed by atoms with van der Waals surface area (Å²) in [7, 11) is 1.63. The summed E-state index contributed by atoms with van der Waals surface area (Å²) in [6, 6.07) is 8.07. The largest absolute Gasteiger partial charge is 0.383 e. The number of nitrogens with one attached hydrogen (secondary N) is 3. The molecule has 1 amide bonds. The standard InChI is InChI=1S/C28H35FN6O4/c1-28(26(36)32-20-6-4-3-5-7-20)16-38-25(39-17-28)24-34-22(18-8-10-19(29)11-9-18)23(35-24)21-12-13-30-27(33-21)31-14-15-37-2/h8-13,20,25H,3-7,14-17H2,1-2H3,(H,32,36)(H,34,35)(H,30,31,33). The fourth-order valence-electron chi connectivity index (χ4n) is 4.86. The van der Waals surface area contributed by atoms with Gasteiger partial charge >= 0.3 is 0 Å². The fraction of sp³-hybridized carbons (Fsp3) is 0.500. The molecule has 1 aliphatic carbocycles. The molecular formula is C28H35FN6O4. The van der Waals surface area contributed by atoms with Crippen molar-refractivity contribution >= 4 is 11.9 Å². The zero-order valence-electron chi connectivity index (χ0n) is 22.3. The average Bonchev–Trinajstić information content (AvgIpc) is 3.40. The van der Waals surface area contributed by atoms with Crippen LogP contribution in [0.25, 0.3) is 22.6 Å². The molecule has 0 unspecified atom stereocenters. The van der Waals surface area contributed by atoms with Crippen molar-refractivity contribution in [1.29, 1.82) is 0 Å². The third kappa shape index (κ3) is 6.43. The van der Waals surface area contributed by atoms with Crippen LogP contribution in [0.2, 0.25) is 0 Å². The van der Waals surface area contributed by atoms with Gasteiger partial charge in [0, 0.05) is 31.5 Å². The molecule has 3 heterocycles. The Kier molecular flexibility index (Phi) is 8.49. The number of imidazole rings is 1. The number of carbonyl (C=O) groups excluding carboxylic acids is 1. The lowest BCUT2D eigenvalue weighted by atomic mass is 9.89. The molecule has 3 aromatic rings. The van der Waals surface area contributed by atoms with Crippen LogP contribution in [0, 0.1) is 11.2 Å². The zero-order chi connectivity index (χ0) is 27.2. The molecule has 39 heavy (non-hydrogen) atoms. The molecule has 2 fully saturated rings. The number of hydrogen-bond donors (Lipinski definition) is 3. The summed E-state index contributed by atoms with van der Waals surface area (Å²) in [6.07, 6.45) is 6.39. The molecule has 1 aromatic carbocycles. The fourth-order valence-corrected chi connectivity index (χ4v) is 4.86. The summed E-state index contributed by atoms with van der Waals surface area (Å²) in [4.78, 5) is 30.0. The summed E-state index contributed by atoms with van der Waals surface area (Å²) >= 11 is 0. The van der Waals surface area contributed by atoms with E-state index in [-0.39, 0.29) is 31.0 Å². The number of halogens is 1. The third-order valence-corrected chi connectivity index (χ3v) is 7.16. The molecule has 11 heteroatoms. The number of carbonyl (C=O) groups is 1. The monoisotopic (exact) mass is 538 g/mol. The van der Waals surface area contributed by atoms with Gasteiger partial charge in [0.25, 0.3) is 0 Å². The van der Waals surface area contributed by atoms with Gasteiger partial charge in [-0.25, -0.2) is 19.3 Å². The Morgan fingerprint density at radius 3 is 2.59 bits per heavy atom. The molecule has 0 spiro atoms. The van der Waals surface area contributed by atoms with Crippen LogP contribution in [-0.2, 0) is 19.0 Å². The third-order valence-electron chi connectivity index (χ3n) is 7.16. The Labute approximate surface area is 227 Å². The average molecular weight is 539 g/mol. The summed E-state index contributed by atoms with van der Waals surface area (Å²) in [5.41, 5.74) is 1.69. The lowest BCUT2D eigenvalue weighted by Gasteiger charge is -2.37. The number of ether oxygens (including phenoxy) is 3. The second kappa shape index (κ2) is 12.2. The van der Waals surface area contributed by atoms with E-state index >= 15 is 0 Å². The molecule has 2 aliphatic rings. The van der Waals surface area contributed by atoms with Crippen LogP contribution in [0.4, 0.5) is 10.3 Å². The van der Waals surface area contributed by atoms with Gasteiger partial charge in [0.2, 0.25) is 18.1 Å². The van der Waals surface area contributed by atoms with E-state index in [0.717, 1.165) is 25.7 Å². The van der Waals surface area contributed by atoms with Crippen LogP contribution < -0.4 is 10.6 Å². The highest BCUT2D eigenvalue weighted by molar-refractivity contribution is 5.83. The van der Waals surface area contributed by atoms with Crippen LogP contribution in [-0.4, -0.2) is 65.4 Å². The summed E-state index contributed by atoms with van der Waals surface area (Å²) in [5, 5.41) is 6.31. The van der Waals surface area contributed by atoms with Gasteiger partial charge in [-0.1, -0.05) is 19.3 Å². The quantitative estimate of drug-likeness (QED) is 0.346. The highest BCUT2D eigenvalue weighted by Crippen LogP contribution is 2.36. The first-order valence-electron chi connectivity index (χ1n) is 13.4. The van der Waals surface area contributed by atoms with Crippen LogP contribution in [0.15, 0.2) is 36.5 Å². The van der Waals surface area contributed by atoms with Crippen molar-refractivity contribution in [1.82, 2.24) is 25.3 Å². The van der Waals surface area contributed by atoms with E-state index < -0.39 is 11.7 Å². The Bertz CT molecular complexity index is 1250. The first kappa shape index (κ1) is 27.2. The smallest absolute Gasteiger partial charge is 0.230 e. The molecule has 1 saturated carbocycles. The van der Waals surface area contributed by atoms with Gasteiger partial charge in [0.15, 0.2) is 5.82 Å². The number of methoxy groups -OCH3 is 1. The highest BCUT2D eigenvalue weighted by Gasteiger charge is 2.41. The molecule has 0 atom stereocenters. The van der Waals surface area contributed by atoms with Crippen LogP contribution >= 0.6 is 0 Å². The lowest BCUT2D eigenvalue weighted by Crippen LogP contribution is -2.51. The van der Waals surface area contributed by atoms with Crippen molar-refractivity contribution in [2.75, 3.05) is 38.8 Å². The molecule has 3 N–H and O–H groups in total. The van der Waals surface area contributed by atoms with Crippen molar-refractivity contribution < 1.29 is 23.4 Å². The Morgan fingerprint density at radius 1 is 1.13 bits per heavy atom. The Balaban J connectivity index is 1.36. The van der Waals surface area contributed by atoms with Crippen molar-refractivity contribution in [3.05, 3.63) is 48.2 Å². The summed E-state index contributed by atoms with van der Waals surface area (Å²) < 4.78 is 30.8.